The number of nitrogens with zero attached hydrogens (tertiary/aromatic N) is 3. The number of esters is 1. The van der Waals surface area contributed by atoms with Gasteiger partial charge in [0, 0.05) is 12.8 Å². The van der Waals surface area contributed by atoms with Gasteiger partial charge in [-0.25, -0.2) is 4.79 Å². The molecule has 126 valence electrons. The summed E-state index contributed by atoms with van der Waals surface area (Å²) in [6.45, 7) is 4.60. The normalized spacial score (nSPS) is 11.8. The number of aromatic nitrogens is 2. The monoisotopic (exact) mass is 356 g/mol. The summed E-state index contributed by atoms with van der Waals surface area (Å²) in [6.07, 6.45) is 1.93. The van der Waals surface area contributed by atoms with Crippen LogP contribution in [0.1, 0.15) is 18.9 Å². The third kappa shape index (κ3) is 6.17. The Morgan fingerprint density at radius 3 is 2.70 bits per heavy atom. The van der Waals surface area contributed by atoms with Gasteiger partial charge < -0.3 is 14.8 Å². The van der Waals surface area contributed by atoms with Gasteiger partial charge in [0.1, 0.15) is 17.7 Å². The van der Waals surface area contributed by atoms with E-state index in [0.717, 1.165) is 9.35 Å². The smallest absolute Gasteiger partial charge is 0.350 e. The summed E-state index contributed by atoms with van der Waals surface area (Å²) in [5, 5.41) is 21.3. The van der Waals surface area contributed by atoms with Crippen molar-refractivity contribution in [3.05, 3.63) is 16.3 Å². The average Bonchev–Trinajstić information content (AvgIpc) is 2.99. The fraction of sp³-hybridized carbons (Fsp3) is 0.571. The first-order chi connectivity index (χ1) is 11.0. The number of thioether (sulfide) groups is 1. The lowest BCUT2D eigenvalue weighted by atomic mass is 10.0. The maximum atomic E-state index is 12.0. The second-order valence-corrected chi connectivity index (χ2v) is 6.82. The highest BCUT2D eigenvalue weighted by molar-refractivity contribution is 8.00. The van der Waals surface area contributed by atoms with E-state index in [9.17, 15) is 10.1 Å². The molecule has 0 radical (unpaired) electrons. The van der Waals surface area contributed by atoms with Gasteiger partial charge in [-0.15, -0.1) is 10.2 Å². The van der Waals surface area contributed by atoms with Gasteiger partial charge in [0.15, 0.2) is 9.91 Å². The Morgan fingerprint density at radius 1 is 1.43 bits per heavy atom. The van der Waals surface area contributed by atoms with E-state index in [1.165, 1.54) is 30.2 Å². The van der Waals surface area contributed by atoms with Crippen LogP contribution in [0.4, 0.5) is 0 Å². The lowest BCUT2D eigenvalue weighted by Gasteiger charge is -2.15. The minimum Gasteiger partial charge on any atom is -0.459 e. The van der Waals surface area contributed by atoms with Gasteiger partial charge in [0.25, 0.3) is 0 Å². The molecule has 0 spiro atoms. The number of rotatable bonds is 9. The number of allylic oxidation sites excluding steroid dienone is 1. The number of ether oxygens (including phenoxy) is 2. The molecule has 1 aromatic heterocycles. The predicted octanol–water partition coefficient (Wildman–Crippen LogP) is 1.97. The summed E-state index contributed by atoms with van der Waals surface area (Å²) in [6, 6.07) is 1.93. The molecule has 0 aliphatic carbocycles. The minimum absolute atomic E-state index is 0.0225. The molecule has 1 rings (SSSR count). The molecule has 0 bridgehead atoms. The molecule has 7 nitrogen and oxygen atoms in total. The van der Waals surface area contributed by atoms with E-state index in [2.05, 4.69) is 15.5 Å². The molecule has 0 aromatic carbocycles. The van der Waals surface area contributed by atoms with Crippen LogP contribution >= 0.6 is 23.1 Å². The fourth-order valence-electron chi connectivity index (χ4n) is 1.65. The average molecular weight is 356 g/mol. The Kier molecular flexibility index (Phi) is 8.61. The van der Waals surface area contributed by atoms with E-state index in [0.29, 0.717) is 12.2 Å². The van der Waals surface area contributed by atoms with Gasteiger partial charge in [-0.2, -0.15) is 5.26 Å². The molecular formula is C14H20N4O3S2. The SMILES string of the molecule is COCCOC(=O)/C(C#N)=C(/NCc1nnc(SC)s1)C(C)C. The second kappa shape index (κ2) is 10.2. The van der Waals surface area contributed by atoms with Crippen molar-refractivity contribution < 1.29 is 14.3 Å². The Labute approximate surface area is 144 Å². The zero-order valence-corrected chi connectivity index (χ0v) is 15.2. The Morgan fingerprint density at radius 2 is 2.17 bits per heavy atom. The molecule has 0 amide bonds. The maximum absolute atomic E-state index is 12.0. The Bertz CT molecular complexity index is 593. The number of nitriles is 1. The van der Waals surface area contributed by atoms with Crippen molar-refractivity contribution in [1.82, 2.24) is 15.5 Å². The van der Waals surface area contributed by atoms with Crippen molar-refractivity contribution in [2.75, 3.05) is 26.6 Å². The molecule has 1 aromatic rings. The van der Waals surface area contributed by atoms with Crippen molar-refractivity contribution in [3.8, 4) is 6.07 Å². The fourth-order valence-corrected chi connectivity index (χ4v) is 2.90. The number of carbonyl (C=O) groups excluding carboxylic acids is 1. The van der Waals surface area contributed by atoms with E-state index >= 15 is 0 Å². The van der Waals surface area contributed by atoms with Crippen molar-refractivity contribution >= 4 is 29.1 Å². The van der Waals surface area contributed by atoms with Crippen LogP contribution in [0.2, 0.25) is 0 Å². The van der Waals surface area contributed by atoms with Crippen LogP contribution in [0.5, 0.6) is 0 Å². The van der Waals surface area contributed by atoms with Crippen molar-refractivity contribution in [2.24, 2.45) is 5.92 Å². The third-order valence-corrected chi connectivity index (χ3v) is 4.63. The molecule has 0 aliphatic rings. The first-order valence-electron chi connectivity index (χ1n) is 6.94. The second-order valence-electron chi connectivity index (χ2n) is 4.70. The van der Waals surface area contributed by atoms with Crippen molar-refractivity contribution in [1.29, 1.82) is 5.26 Å². The zero-order chi connectivity index (χ0) is 17.2. The highest BCUT2D eigenvalue weighted by Gasteiger charge is 2.19. The first-order valence-corrected chi connectivity index (χ1v) is 8.98. The van der Waals surface area contributed by atoms with E-state index in [-0.39, 0.29) is 24.7 Å². The van der Waals surface area contributed by atoms with Gasteiger partial charge in [0.05, 0.1) is 13.2 Å². The van der Waals surface area contributed by atoms with Crippen molar-refractivity contribution in [3.63, 3.8) is 0 Å². The lowest BCUT2D eigenvalue weighted by Crippen LogP contribution is -2.23. The molecule has 23 heavy (non-hydrogen) atoms. The molecule has 0 aliphatic heterocycles. The van der Waals surface area contributed by atoms with E-state index in [1.807, 2.05) is 26.2 Å². The third-order valence-electron chi connectivity index (χ3n) is 2.74. The number of nitrogens with one attached hydrogen (secondary N) is 1. The summed E-state index contributed by atoms with van der Waals surface area (Å²) >= 11 is 3.00. The molecule has 0 saturated heterocycles. The number of methoxy groups -OCH3 is 1. The summed E-state index contributed by atoms with van der Waals surface area (Å²) in [4.78, 5) is 12.0. The minimum atomic E-state index is -0.650. The van der Waals surface area contributed by atoms with Gasteiger partial charge >= 0.3 is 5.97 Å². The summed E-state index contributed by atoms with van der Waals surface area (Å²) in [7, 11) is 1.51. The quantitative estimate of drug-likeness (QED) is 0.236. The summed E-state index contributed by atoms with van der Waals surface area (Å²) in [5.74, 6) is -0.685. The highest BCUT2D eigenvalue weighted by atomic mass is 32.2. The Balaban J connectivity index is 2.83. The lowest BCUT2D eigenvalue weighted by molar-refractivity contribution is -0.139. The molecule has 0 saturated carbocycles. The number of carbonyl (C=O) groups is 1. The predicted molar refractivity (Wildman–Crippen MR) is 88.8 cm³/mol. The topological polar surface area (TPSA) is 97.1 Å². The van der Waals surface area contributed by atoms with Gasteiger partial charge in [-0.1, -0.05) is 36.9 Å². The van der Waals surface area contributed by atoms with Crippen LogP contribution in [-0.2, 0) is 20.8 Å². The number of hydrogen-bond acceptors (Lipinski definition) is 9. The van der Waals surface area contributed by atoms with E-state index in [4.69, 9.17) is 9.47 Å². The Hall–Kier alpha value is -1.63. The molecule has 1 N–H and O–H groups in total. The van der Waals surface area contributed by atoms with Crippen LogP contribution in [0, 0.1) is 17.2 Å². The molecule has 1 heterocycles. The molecule has 0 atom stereocenters. The van der Waals surface area contributed by atoms with Gasteiger partial charge in [-0.05, 0) is 12.2 Å². The highest BCUT2D eigenvalue weighted by Crippen LogP contribution is 2.20. The first kappa shape index (κ1) is 19.4. The van der Waals surface area contributed by atoms with Crippen LogP contribution in [0.25, 0.3) is 0 Å². The van der Waals surface area contributed by atoms with E-state index < -0.39 is 5.97 Å². The van der Waals surface area contributed by atoms with Crippen LogP contribution in [-0.4, -0.2) is 42.7 Å². The van der Waals surface area contributed by atoms with Crippen molar-refractivity contribution in [2.45, 2.75) is 24.7 Å². The summed E-state index contributed by atoms with van der Waals surface area (Å²) in [5.41, 5.74) is 0.515. The van der Waals surface area contributed by atoms with Gasteiger partial charge in [-0.3, -0.25) is 0 Å². The van der Waals surface area contributed by atoms with Crippen LogP contribution < -0.4 is 5.32 Å². The molecule has 0 fully saturated rings. The largest absolute Gasteiger partial charge is 0.459 e. The number of hydrogen-bond donors (Lipinski definition) is 1. The van der Waals surface area contributed by atoms with Crippen LogP contribution in [0.3, 0.4) is 0 Å². The maximum Gasteiger partial charge on any atom is 0.350 e. The summed E-state index contributed by atoms with van der Waals surface area (Å²) < 4.78 is 10.7. The molecule has 9 heteroatoms. The molecule has 0 unspecified atom stereocenters. The zero-order valence-electron chi connectivity index (χ0n) is 13.6. The standard InChI is InChI=1S/C14H20N4O3S2/c1-9(2)12(10(7-15)13(19)21-6-5-20-3)16-8-11-17-18-14(22-4)23-11/h9,16H,5-6,8H2,1-4H3/b12-10+. The van der Waals surface area contributed by atoms with Gasteiger partial charge in [0.2, 0.25) is 0 Å². The molecular weight excluding hydrogens is 336 g/mol. The van der Waals surface area contributed by atoms with Crippen LogP contribution in [0.15, 0.2) is 15.6 Å². The van der Waals surface area contributed by atoms with E-state index in [1.54, 1.807) is 0 Å².